The number of carbonyl (C=O) groups is 2. The van der Waals surface area contributed by atoms with Crippen molar-refractivity contribution < 1.29 is 13.8 Å². The number of nitrogens with one attached hydrogen (secondary N) is 1. The first-order valence-corrected chi connectivity index (χ1v) is 12.0. The predicted molar refractivity (Wildman–Crippen MR) is 119 cm³/mol. The van der Waals surface area contributed by atoms with Crippen LogP contribution in [0.3, 0.4) is 0 Å². The van der Waals surface area contributed by atoms with E-state index in [1.807, 2.05) is 56.3 Å². The lowest BCUT2D eigenvalue weighted by Gasteiger charge is -2.19. The average molecular weight is 418 g/mol. The molecule has 6 nitrogen and oxygen atoms in total. The monoisotopic (exact) mass is 417 g/mol. The maximum atomic E-state index is 12.6. The van der Waals surface area contributed by atoms with Crippen LogP contribution >= 0.6 is 0 Å². The molecule has 0 bridgehead atoms. The van der Waals surface area contributed by atoms with Crippen LogP contribution in [0.5, 0.6) is 0 Å². The minimum absolute atomic E-state index is 0.161. The molecule has 2 unspecified atom stereocenters. The summed E-state index contributed by atoms with van der Waals surface area (Å²) in [5.74, 6) is -0.627. The molecule has 3 N–H and O–H groups in total. The van der Waals surface area contributed by atoms with E-state index in [0.29, 0.717) is 18.7 Å². The van der Waals surface area contributed by atoms with Crippen molar-refractivity contribution in [3.05, 3.63) is 48.0 Å². The first-order chi connectivity index (χ1) is 13.7. The van der Waals surface area contributed by atoms with Crippen LogP contribution in [0.15, 0.2) is 46.8 Å². The van der Waals surface area contributed by atoms with Crippen molar-refractivity contribution in [1.29, 1.82) is 0 Å². The SMILES string of the molecule is CC(C)C(NC(=O)Cc1ccc2ccccc2c1)C(=O)N=S(C)(=O)CCCCN. The minimum Gasteiger partial charge on any atom is -0.344 e. The van der Waals surface area contributed by atoms with Crippen LogP contribution in [0.4, 0.5) is 0 Å². The Kier molecular flexibility index (Phi) is 8.34. The maximum Gasteiger partial charge on any atom is 0.276 e. The van der Waals surface area contributed by atoms with E-state index in [1.54, 1.807) is 0 Å². The first kappa shape index (κ1) is 23.0. The molecule has 29 heavy (non-hydrogen) atoms. The second kappa shape index (κ2) is 10.5. The van der Waals surface area contributed by atoms with Crippen LogP contribution in [0.1, 0.15) is 32.3 Å². The summed E-state index contributed by atoms with van der Waals surface area (Å²) in [6, 6.07) is 13.0. The van der Waals surface area contributed by atoms with E-state index >= 15 is 0 Å². The van der Waals surface area contributed by atoms with Gasteiger partial charge >= 0.3 is 0 Å². The van der Waals surface area contributed by atoms with Crippen molar-refractivity contribution >= 4 is 32.3 Å². The lowest BCUT2D eigenvalue weighted by molar-refractivity contribution is -0.127. The molecule has 0 aliphatic carbocycles. The third kappa shape index (κ3) is 7.25. The Labute approximate surface area is 173 Å². The van der Waals surface area contributed by atoms with Gasteiger partial charge in [0.2, 0.25) is 5.91 Å². The van der Waals surface area contributed by atoms with Crippen molar-refractivity contribution in [3.8, 4) is 0 Å². The van der Waals surface area contributed by atoms with Gasteiger partial charge in [-0.15, -0.1) is 0 Å². The summed E-state index contributed by atoms with van der Waals surface area (Å²) < 4.78 is 16.5. The number of fused-ring (bicyclic) bond motifs is 1. The van der Waals surface area contributed by atoms with Gasteiger partial charge in [0, 0.05) is 12.0 Å². The number of nitrogens with two attached hydrogens (primary N) is 1. The predicted octanol–water partition coefficient (Wildman–Crippen LogP) is 2.89. The summed E-state index contributed by atoms with van der Waals surface area (Å²) in [6.07, 6.45) is 3.04. The number of carbonyl (C=O) groups excluding carboxylic acids is 2. The van der Waals surface area contributed by atoms with Gasteiger partial charge in [-0.1, -0.05) is 56.3 Å². The molecule has 2 atom stereocenters. The second-order valence-corrected chi connectivity index (χ2v) is 10.2. The van der Waals surface area contributed by atoms with Crippen molar-refractivity contribution in [1.82, 2.24) is 5.32 Å². The molecular formula is C22H31N3O3S. The first-order valence-electron chi connectivity index (χ1n) is 9.92. The summed E-state index contributed by atoms with van der Waals surface area (Å²) in [5, 5.41) is 4.95. The lowest BCUT2D eigenvalue weighted by atomic mass is 10.0. The van der Waals surface area contributed by atoms with Crippen molar-refractivity contribution in [3.63, 3.8) is 0 Å². The van der Waals surface area contributed by atoms with Gasteiger partial charge in [0.1, 0.15) is 6.04 Å². The quantitative estimate of drug-likeness (QED) is 0.613. The number of nitrogens with zero attached hydrogens (tertiary/aromatic N) is 1. The molecule has 0 fully saturated rings. The summed E-state index contributed by atoms with van der Waals surface area (Å²) in [5.41, 5.74) is 6.33. The molecule has 0 heterocycles. The number of rotatable bonds is 9. The third-order valence-corrected chi connectivity index (χ3v) is 6.30. The van der Waals surface area contributed by atoms with Gasteiger partial charge < -0.3 is 11.1 Å². The Morgan fingerprint density at radius 3 is 2.45 bits per heavy atom. The summed E-state index contributed by atoms with van der Waals surface area (Å²) in [6.45, 7) is 4.18. The molecule has 2 aromatic rings. The van der Waals surface area contributed by atoms with Gasteiger partial charge in [0.05, 0.1) is 16.1 Å². The van der Waals surface area contributed by atoms with E-state index in [4.69, 9.17) is 5.73 Å². The Morgan fingerprint density at radius 2 is 1.79 bits per heavy atom. The molecule has 158 valence electrons. The van der Waals surface area contributed by atoms with E-state index in [2.05, 4.69) is 9.68 Å². The highest BCUT2D eigenvalue weighted by Gasteiger charge is 2.25. The van der Waals surface area contributed by atoms with Gasteiger partial charge in [-0.25, -0.2) is 4.21 Å². The second-order valence-electron chi connectivity index (χ2n) is 7.74. The minimum atomic E-state index is -2.63. The molecule has 0 saturated carbocycles. The highest BCUT2D eigenvalue weighted by molar-refractivity contribution is 7.93. The molecule has 0 aliphatic rings. The largest absolute Gasteiger partial charge is 0.344 e. The fraction of sp³-hybridized carbons (Fsp3) is 0.455. The topological polar surface area (TPSA) is 102 Å². The number of hydrogen-bond donors (Lipinski definition) is 2. The Balaban J connectivity index is 2.07. The zero-order valence-electron chi connectivity index (χ0n) is 17.4. The van der Waals surface area contributed by atoms with E-state index < -0.39 is 21.7 Å². The van der Waals surface area contributed by atoms with Crippen LogP contribution in [0.25, 0.3) is 10.8 Å². The van der Waals surface area contributed by atoms with E-state index in [0.717, 1.165) is 22.8 Å². The maximum absolute atomic E-state index is 12.6. The van der Waals surface area contributed by atoms with Crippen LogP contribution in [-0.4, -0.2) is 40.6 Å². The number of hydrogen-bond acceptors (Lipinski definition) is 4. The van der Waals surface area contributed by atoms with E-state index in [1.165, 1.54) is 6.26 Å². The Bertz CT molecular complexity index is 978. The third-order valence-electron chi connectivity index (χ3n) is 4.69. The summed E-state index contributed by atoms with van der Waals surface area (Å²) >= 11 is 0. The molecule has 2 rings (SSSR count). The number of unbranched alkanes of at least 4 members (excludes halogenated alkanes) is 1. The van der Waals surface area contributed by atoms with Crippen molar-refractivity contribution in [2.45, 2.75) is 39.2 Å². The van der Waals surface area contributed by atoms with Gasteiger partial charge in [0.15, 0.2) is 0 Å². The smallest absolute Gasteiger partial charge is 0.276 e. The van der Waals surface area contributed by atoms with E-state index in [-0.39, 0.29) is 18.2 Å². The molecular weight excluding hydrogens is 386 g/mol. The zero-order valence-corrected chi connectivity index (χ0v) is 18.2. The molecule has 0 saturated heterocycles. The lowest BCUT2D eigenvalue weighted by Crippen LogP contribution is -2.44. The standard InChI is InChI=1S/C22H31N3O3S/c1-16(2)21(22(27)25-29(3,28)13-7-6-12-23)24-20(26)15-17-10-11-18-8-4-5-9-19(18)14-17/h4-5,8-11,14,16,21H,6-7,12-13,15,23H2,1-3H3,(H,24,26). The van der Waals surface area contributed by atoms with Crippen LogP contribution < -0.4 is 11.1 Å². The summed E-state index contributed by atoms with van der Waals surface area (Å²) in [4.78, 5) is 25.2. The van der Waals surface area contributed by atoms with Crippen molar-refractivity contribution in [2.75, 3.05) is 18.6 Å². The van der Waals surface area contributed by atoms with Gasteiger partial charge in [-0.3, -0.25) is 9.59 Å². The molecule has 0 aromatic heterocycles. The molecule has 2 amide bonds. The Morgan fingerprint density at radius 1 is 1.10 bits per heavy atom. The average Bonchev–Trinajstić information content (AvgIpc) is 2.65. The van der Waals surface area contributed by atoms with Gasteiger partial charge in [0.25, 0.3) is 5.91 Å². The Hall–Kier alpha value is -2.25. The molecule has 0 radical (unpaired) electrons. The fourth-order valence-electron chi connectivity index (χ4n) is 3.08. The molecule has 2 aromatic carbocycles. The summed E-state index contributed by atoms with van der Waals surface area (Å²) in [7, 11) is -2.63. The highest BCUT2D eigenvalue weighted by Crippen LogP contribution is 2.16. The normalized spacial score (nSPS) is 14.4. The molecule has 0 aliphatic heterocycles. The molecule has 0 spiro atoms. The van der Waals surface area contributed by atoms with E-state index in [9.17, 15) is 13.8 Å². The number of benzene rings is 2. The fourth-order valence-corrected chi connectivity index (χ4v) is 4.40. The van der Waals surface area contributed by atoms with Crippen LogP contribution in [0, 0.1) is 5.92 Å². The molecule has 7 heteroatoms. The van der Waals surface area contributed by atoms with Crippen molar-refractivity contribution in [2.24, 2.45) is 16.0 Å². The van der Waals surface area contributed by atoms with Crippen LogP contribution in [-0.2, 0) is 25.7 Å². The van der Waals surface area contributed by atoms with Gasteiger partial charge in [-0.05, 0) is 41.6 Å². The highest BCUT2D eigenvalue weighted by atomic mass is 32.2. The number of amides is 2. The van der Waals surface area contributed by atoms with Crippen LogP contribution in [0.2, 0.25) is 0 Å². The van der Waals surface area contributed by atoms with Gasteiger partial charge in [-0.2, -0.15) is 4.36 Å². The zero-order chi connectivity index (χ0) is 21.4.